The first-order valence-corrected chi connectivity index (χ1v) is 9.59. The third kappa shape index (κ3) is 4.43. The SMILES string of the molecule is CCCCCNC(=O)c1cccc(C(=O)N2CCC3(CC2)OCCO3)c1. The molecule has 0 radical (unpaired) electrons. The molecule has 6 heteroatoms. The Kier molecular flexibility index (Phi) is 6.27. The second kappa shape index (κ2) is 8.64. The first-order valence-electron chi connectivity index (χ1n) is 9.59. The largest absolute Gasteiger partial charge is 0.352 e. The van der Waals surface area contributed by atoms with E-state index in [4.69, 9.17) is 9.47 Å². The number of ether oxygens (including phenoxy) is 2. The topological polar surface area (TPSA) is 67.9 Å². The molecule has 0 aromatic heterocycles. The summed E-state index contributed by atoms with van der Waals surface area (Å²) < 4.78 is 11.4. The Bertz CT molecular complexity index is 630. The molecule has 2 aliphatic heterocycles. The van der Waals surface area contributed by atoms with Crippen molar-refractivity contribution in [3.63, 3.8) is 0 Å². The number of amides is 2. The van der Waals surface area contributed by atoms with Crippen molar-refractivity contribution in [2.24, 2.45) is 0 Å². The zero-order valence-corrected chi connectivity index (χ0v) is 15.5. The van der Waals surface area contributed by atoms with Crippen LogP contribution in [-0.2, 0) is 9.47 Å². The van der Waals surface area contributed by atoms with Gasteiger partial charge in [0.2, 0.25) is 0 Å². The van der Waals surface area contributed by atoms with Gasteiger partial charge in [0.15, 0.2) is 5.79 Å². The van der Waals surface area contributed by atoms with Crippen LogP contribution in [-0.4, -0.2) is 55.3 Å². The van der Waals surface area contributed by atoms with Crippen molar-refractivity contribution in [3.05, 3.63) is 35.4 Å². The third-order valence-corrected chi connectivity index (χ3v) is 5.06. The van der Waals surface area contributed by atoms with E-state index in [2.05, 4.69) is 12.2 Å². The molecule has 0 bridgehead atoms. The van der Waals surface area contributed by atoms with Crippen LogP contribution in [0.25, 0.3) is 0 Å². The molecule has 0 atom stereocenters. The number of nitrogens with zero attached hydrogens (tertiary/aromatic N) is 1. The minimum atomic E-state index is -0.489. The zero-order valence-electron chi connectivity index (χ0n) is 15.5. The lowest BCUT2D eigenvalue weighted by Gasteiger charge is -2.37. The smallest absolute Gasteiger partial charge is 0.253 e. The third-order valence-electron chi connectivity index (χ3n) is 5.06. The van der Waals surface area contributed by atoms with Crippen LogP contribution in [0, 0.1) is 0 Å². The van der Waals surface area contributed by atoms with Gasteiger partial charge in [-0.15, -0.1) is 0 Å². The van der Waals surface area contributed by atoms with Crippen LogP contribution >= 0.6 is 0 Å². The van der Waals surface area contributed by atoms with Crippen LogP contribution in [0.1, 0.15) is 59.7 Å². The minimum Gasteiger partial charge on any atom is -0.352 e. The Morgan fingerprint density at radius 3 is 2.50 bits per heavy atom. The average Bonchev–Trinajstić information content (AvgIpc) is 3.13. The maximum atomic E-state index is 12.8. The number of rotatable bonds is 6. The van der Waals surface area contributed by atoms with Gasteiger partial charge in [-0.05, 0) is 24.6 Å². The summed E-state index contributed by atoms with van der Waals surface area (Å²) in [7, 11) is 0. The van der Waals surface area contributed by atoms with E-state index in [1.54, 1.807) is 24.3 Å². The van der Waals surface area contributed by atoms with Crippen molar-refractivity contribution in [2.75, 3.05) is 32.8 Å². The molecule has 2 heterocycles. The summed E-state index contributed by atoms with van der Waals surface area (Å²) in [6.45, 7) is 5.26. The van der Waals surface area contributed by atoms with Crippen molar-refractivity contribution in [1.29, 1.82) is 0 Å². The molecule has 0 unspecified atom stereocenters. The van der Waals surface area contributed by atoms with Gasteiger partial charge in [-0.1, -0.05) is 25.8 Å². The number of unbranched alkanes of at least 4 members (excludes halogenated alkanes) is 2. The summed E-state index contributed by atoms with van der Waals surface area (Å²) in [5.74, 6) is -0.656. The zero-order chi connectivity index (χ0) is 18.4. The molecule has 1 N–H and O–H groups in total. The first-order chi connectivity index (χ1) is 12.6. The van der Waals surface area contributed by atoms with Crippen LogP contribution in [0.4, 0.5) is 0 Å². The lowest BCUT2D eigenvalue weighted by Crippen LogP contribution is -2.47. The molecule has 1 aromatic carbocycles. The van der Waals surface area contributed by atoms with Crippen LogP contribution in [0.2, 0.25) is 0 Å². The highest BCUT2D eigenvalue weighted by atomic mass is 16.7. The van der Waals surface area contributed by atoms with E-state index >= 15 is 0 Å². The van der Waals surface area contributed by atoms with E-state index in [0.717, 1.165) is 19.3 Å². The average molecular weight is 360 g/mol. The van der Waals surface area contributed by atoms with Crippen LogP contribution in [0.5, 0.6) is 0 Å². The van der Waals surface area contributed by atoms with Crippen molar-refractivity contribution in [1.82, 2.24) is 10.2 Å². The van der Waals surface area contributed by atoms with Gasteiger partial charge >= 0.3 is 0 Å². The maximum Gasteiger partial charge on any atom is 0.253 e. The molecule has 1 spiro atoms. The van der Waals surface area contributed by atoms with Gasteiger partial charge in [-0.25, -0.2) is 0 Å². The molecule has 2 aliphatic rings. The summed E-state index contributed by atoms with van der Waals surface area (Å²) in [5, 5.41) is 2.92. The summed E-state index contributed by atoms with van der Waals surface area (Å²) in [4.78, 5) is 26.9. The van der Waals surface area contributed by atoms with Crippen molar-refractivity contribution < 1.29 is 19.1 Å². The Labute approximate surface area is 154 Å². The molecule has 0 saturated carbocycles. The predicted octanol–water partition coefficient (Wildman–Crippen LogP) is 2.59. The highest BCUT2D eigenvalue weighted by Crippen LogP contribution is 2.31. The Morgan fingerprint density at radius 1 is 1.12 bits per heavy atom. The van der Waals surface area contributed by atoms with E-state index in [0.29, 0.717) is 56.8 Å². The molecule has 1 aromatic rings. The van der Waals surface area contributed by atoms with E-state index in [1.165, 1.54) is 0 Å². The normalized spacial score (nSPS) is 18.9. The van der Waals surface area contributed by atoms with E-state index in [9.17, 15) is 9.59 Å². The summed E-state index contributed by atoms with van der Waals surface area (Å²) >= 11 is 0. The number of benzene rings is 1. The van der Waals surface area contributed by atoms with Crippen LogP contribution < -0.4 is 5.32 Å². The lowest BCUT2D eigenvalue weighted by atomic mass is 10.0. The number of nitrogens with one attached hydrogen (secondary N) is 1. The number of hydrogen-bond donors (Lipinski definition) is 1. The van der Waals surface area contributed by atoms with Crippen molar-refractivity contribution >= 4 is 11.8 Å². The highest BCUT2D eigenvalue weighted by Gasteiger charge is 2.40. The molecular formula is C20H28N2O4. The molecular weight excluding hydrogens is 332 g/mol. The van der Waals surface area contributed by atoms with Gasteiger partial charge in [0.1, 0.15) is 0 Å². The van der Waals surface area contributed by atoms with Gasteiger partial charge in [-0.2, -0.15) is 0 Å². The van der Waals surface area contributed by atoms with Gasteiger partial charge in [0.05, 0.1) is 13.2 Å². The number of carbonyl (C=O) groups excluding carboxylic acids is 2. The standard InChI is InChI=1S/C20H28N2O4/c1-2-3-4-10-21-18(23)16-6-5-7-17(15-16)19(24)22-11-8-20(9-12-22)25-13-14-26-20/h5-7,15H,2-4,8-14H2,1H3,(H,21,23). The van der Waals surface area contributed by atoms with E-state index < -0.39 is 5.79 Å². The van der Waals surface area contributed by atoms with Gasteiger partial charge in [0, 0.05) is 43.6 Å². The number of carbonyl (C=O) groups is 2. The number of piperidine rings is 1. The fourth-order valence-electron chi connectivity index (χ4n) is 3.49. The second-order valence-electron chi connectivity index (χ2n) is 6.94. The fourth-order valence-corrected chi connectivity index (χ4v) is 3.49. The molecule has 2 amide bonds. The highest BCUT2D eigenvalue weighted by molar-refractivity contribution is 5.99. The first kappa shape index (κ1) is 18.9. The van der Waals surface area contributed by atoms with Crippen LogP contribution in [0.15, 0.2) is 24.3 Å². The molecule has 3 rings (SSSR count). The monoisotopic (exact) mass is 360 g/mol. The summed E-state index contributed by atoms with van der Waals surface area (Å²) in [6.07, 6.45) is 4.57. The fraction of sp³-hybridized carbons (Fsp3) is 0.600. The minimum absolute atomic E-state index is 0.0431. The van der Waals surface area contributed by atoms with Crippen molar-refractivity contribution in [2.45, 2.75) is 44.8 Å². The molecule has 0 aliphatic carbocycles. The van der Waals surface area contributed by atoms with Gasteiger partial charge < -0.3 is 19.7 Å². The van der Waals surface area contributed by atoms with E-state index in [-0.39, 0.29) is 11.8 Å². The Morgan fingerprint density at radius 2 is 1.81 bits per heavy atom. The molecule has 2 fully saturated rings. The second-order valence-corrected chi connectivity index (χ2v) is 6.94. The molecule has 2 saturated heterocycles. The summed E-state index contributed by atoms with van der Waals surface area (Å²) in [6, 6.07) is 6.97. The Hall–Kier alpha value is -1.92. The summed E-state index contributed by atoms with van der Waals surface area (Å²) in [5.41, 5.74) is 1.08. The number of likely N-dealkylation sites (tertiary alicyclic amines) is 1. The number of hydrogen-bond acceptors (Lipinski definition) is 4. The van der Waals surface area contributed by atoms with E-state index in [1.807, 2.05) is 4.90 Å². The van der Waals surface area contributed by atoms with Crippen molar-refractivity contribution in [3.8, 4) is 0 Å². The molecule has 142 valence electrons. The Balaban J connectivity index is 1.57. The van der Waals surface area contributed by atoms with Crippen LogP contribution in [0.3, 0.4) is 0 Å². The quantitative estimate of drug-likeness (QED) is 0.792. The maximum absolute atomic E-state index is 12.8. The van der Waals surface area contributed by atoms with Gasteiger partial charge in [0.25, 0.3) is 11.8 Å². The molecule has 6 nitrogen and oxygen atoms in total. The lowest BCUT2D eigenvalue weighted by molar-refractivity contribution is -0.181. The molecule has 26 heavy (non-hydrogen) atoms. The van der Waals surface area contributed by atoms with Gasteiger partial charge in [-0.3, -0.25) is 9.59 Å². The predicted molar refractivity (Wildman–Crippen MR) is 98.1 cm³/mol.